The highest BCUT2D eigenvalue weighted by atomic mass is 19.1. The number of hydrogen-bond donors (Lipinski definition) is 1. The number of carbonyl (C=O) groups excluding carboxylic acids is 2. The van der Waals surface area contributed by atoms with Crippen LogP contribution in [0.1, 0.15) is 23.4 Å². The second-order valence-corrected chi connectivity index (χ2v) is 6.98. The summed E-state index contributed by atoms with van der Waals surface area (Å²) in [5.41, 5.74) is 1.61. The summed E-state index contributed by atoms with van der Waals surface area (Å²) in [7, 11) is 3.10. The van der Waals surface area contributed by atoms with Crippen molar-refractivity contribution < 1.29 is 23.3 Å². The molecule has 0 spiro atoms. The minimum Gasteiger partial charge on any atom is -0.497 e. The largest absolute Gasteiger partial charge is 0.497 e. The Bertz CT molecular complexity index is 887. The lowest BCUT2D eigenvalue weighted by Gasteiger charge is -2.35. The maximum Gasteiger partial charge on any atom is 0.237 e. The molecule has 29 heavy (non-hydrogen) atoms. The Kier molecular flexibility index (Phi) is 6.42. The first kappa shape index (κ1) is 20.7. The van der Waals surface area contributed by atoms with Crippen LogP contribution in [0.3, 0.4) is 0 Å². The summed E-state index contributed by atoms with van der Waals surface area (Å²) >= 11 is 0. The van der Waals surface area contributed by atoms with Crippen LogP contribution in [0.2, 0.25) is 0 Å². The fourth-order valence-electron chi connectivity index (χ4n) is 3.20. The highest BCUT2D eigenvalue weighted by Crippen LogP contribution is 2.21. The van der Waals surface area contributed by atoms with Crippen molar-refractivity contribution in [2.45, 2.75) is 32.5 Å². The number of aromatic nitrogens is 2. The van der Waals surface area contributed by atoms with Crippen LogP contribution < -0.4 is 10.1 Å². The molecule has 9 nitrogen and oxygen atoms in total. The highest BCUT2D eigenvalue weighted by Gasteiger charge is 2.33. The van der Waals surface area contributed by atoms with Gasteiger partial charge in [-0.2, -0.15) is 0 Å². The van der Waals surface area contributed by atoms with Crippen LogP contribution in [0.5, 0.6) is 5.75 Å². The molecule has 1 aromatic carbocycles. The van der Waals surface area contributed by atoms with E-state index in [1.165, 1.54) is 18.1 Å². The number of aryl methyl sites for hydroxylation is 1. The normalized spacial score (nSPS) is 17.1. The van der Waals surface area contributed by atoms with Crippen LogP contribution in [-0.4, -0.2) is 65.2 Å². The van der Waals surface area contributed by atoms with Gasteiger partial charge in [0.1, 0.15) is 23.0 Å². The Labute approximate surface area is 167 Å². The van der Waals surface area contributed by atoms with Gasteiger partial charge in [0.15, 0.2) is 0 Å². The van der Waals surface area contributed by atoms with Crippen molar-refractivity contribution in [1.29, 1.82) is 0 Å². The lowest BCUT2D eigenvalue weighted by Crippen LogP contribution is -2.56. The summed E-state index contributed by atoms with van der Waals surface area (Å²) in [6.45, 7) is 3.16. The van der Waals surface area contributed by atoms with E-state index in [1.807, 2.05) is 4.90 Å². The van der Waals surface area contributed by atoms with Crippen molar-refractivity contribution in [1.82, 2.24) is 25.4 Å². The zero-order valence-corrected chi connectivity index (χ0v) is 16.6. The number of rotatable bonds is 7. The molecule has 1 aliphatic rings. The van der Waals surface area contributed by atoms with E-state index in [-0.39, 0.29) is 31.3 Å². The number of nitrogens with one attached hydrogen (secondary N) is 1. The highest BCUT2D eigenvalue weighted by molar-refractivity contribution is 5.88. The molecule has 2 aromatic rings. The van der Waals surface area contributed by atoms with Crippen molar-refractivity contribution >= 4 is 11.8 Å². The maximum atomic E-state index is 14.4. The van der Waals surface area contributed by atoms with E-state index in [4.69, 9.17) is 4.74 Å². The van der Waals surface area contributed by atoms with Crippen LogP contribution >= 0.6 is 0 Å². The molecular formula is C19H24FN5O4. The Balaban J connectivity index is 1.68. The van der Waals surface area contributed by atoms with Gasteiger partial charge in [-0.3, -0.25) is 14.5 Å². The quantitative estimate of drug-likeness (QED) is 0.730. The van der Waals surface area contributed by atoms with Gasteiger partial charge in [-0.1, -0.05) is 16.4 Å². The van der Waals surface area contributed by atoms with Gasteiger partial charge in [-0.15, -0.1) is 0 Å². The molecular weight excluding hydrogens is 381 g/mol. The number of halogens is 1. The molecule has 1 atom stereocenters. The van der Waals surface area contributed by atoms with Gasteiger partial charge in [0, 0.05) is 38.3 Å². The molecule has 2 amide bonds. The van der Waals surface area contributed by atoms with Crippen LogP contribution in [0.4, 0.5) is 4.39 Å². The Hall–Kier alpha value is -3.01. The number of benzene rings is 1. The number of carbonyl (C=O) groups is 2. The van der Waals surface area contributed by atoms with Crippen molar-refractivity contribution in [3.63, 3.8) is 0 Å². The second-order valence-electron chi connectivity index (χ2n) is 6.98. The number of piperazine rings is 1. The van der Waals surface area contributed by atoms with Crippen LogP contribution in [0.15, 0.2) is 22.8 Å². The Morgan fingerprint density at radius 1 is 1.45 bits per heavy atom. The SMILES string of the molecule is COc1ccc(CN2CCNC(=O)[C@H]2CC(=O)N(C)Cc2nonc2C)c(F)c1. The monoisotopic (exact) mass is 405 g/mol. The van der Waals surface area contributed by atoms with Crippen LogP contribution in [0.25, 0.3) is 0 Å². The maximum absolute atomic E-state index is 14.4. The summed E-state index contributed by atoms with van der Waals surface area (Å²) < 4.78 is 24.0. The van der Waals surface area contributed by atoms with Crippen molar-refractivity contribution in [3.05, 3.63) is 41.0 Å². The average molecular weight is 405 g/mol. The van der Waals surface area contributed by atoms with Crippen molar-refractivity contribution in [3.8, 4) is 5.75 Å². The molecule has 10 heteroatoms. The van der Waals surface area contributed by atoms with Gasteiger partial charge in [-0.25, -0.2) is 9.02 Å². The smallest absolute Gasteiger partial charge is 0.237 e. The molecule has 0 unspecified atom stereocenters. The van der Waals surface area contributed by atoms with E-state index in [0.717, 1.165) is 0 Å². The molecule has 0 saturated carbocycles. The molecule has 2 heterocycles. The third-order valence-corrected chi connectivity index (χ3v) is 5.00. The number of hydrogen-bond acceptors (Lipinski definition) is 7. The molecule has 1 aromatic heterocycles. The third kappa shape index (κ3) is 4.89. The lowest BCUT2D eigenvalue weighted by molar-refractivity contribution is -0.138. The van der Waals surface area contributed by atoms with E-state index in [1.54, 1.807) is 26.1 Å². The van der Waals surface area contributed by atoms with E-state index in [9.17, 15) is 14.0 Å². The number of amides is 2. The molecule has 3 rings (SSSR count). The van der Waals surface area contributed by atoms with Gasteiger partial charge in [-0.05, 0) is 13.0 Å². The predicted molar refractivity (Wildman–Crippen MR) is 100 cm³/mol. The minimum absolute atomic E-state index is 0.0234. The Morgan fingerprint density at radius 2 is 2.24 bits per heavy atom. The number of ether oxygens (including phenoxy) is 1. The first-order chi connectivity index (χ1) is 13.9. The van der Waals surface area contributed by atoms with Gasteiger partial charge in [0.25, 0.3) is 0 Å². The fourth-order valence-corrected chi connectivity index (χ4v) is 3.20. The summed E-state index contributed by atoms with van der Waals surface area (Å²) in [5.74, 6) is -0.457. The molecule has 156 valence electrons. The van der Waals surface area contributed by atoms with E-state index >= 15 is 0 Å². The first-order valence-electron chi connectivity index (χ1n) is 9.25. The van der Waals surface area contributed by atoms with Gasteiger partial charge >= 0.3 is 0 Å². The van der Waals surface area contributed by atoms with E-state index in [2.05, 4.69) is 20.3 Å². The summed E-state index contributed by atoms with van der Waals surface area (Å²) in [6.07, 6.45) is -0.0234. The summed E-state index contributed by atoms with van der Waals surface area (Å²) in [6, 6.07) is 3.93. The van der Waals surface area contributed by atoms with Crippen LogP contribution in [-0.2, 0) is 22.7 Å². The fraction of sp³-hybridized carbons (Fsp3) is 0.474. The zero-order chi connectivity index (χ0) is 21.0. The van der Waals surface area contributed by atoms with Crippen molar-refractivity contribution in [2.24, 2.45) is 0 Å². The molecule has 0 radical (unpaired) electrons. The zero-order valence-electron chi connectivity index (χ0n) is 16.6. The first-order valence-corrected chi connectivity index (χ1v) is 9.25. The van der Waals surface area contributed by atoms with Gasteiger partial charge in [0.2, 0.25) is 11.8 Å². The standard InChI is InChI=1S/C19H24FN5O4/c1-12-16(23-29-22-12)11-24(2)18(26)9-17-19(27)21-6-7-25(17)10-13-4-5-14(28-3)8-15(13)20/h4-5,8,17H,6-7,9-11H2,1-3H3,(H,21,27)/t17-/m1/s1. The average Bonchev–Trinajstić information content (AvgIpc) is 3.10. The number of methoxy groups -OCH3 is 1. The second kappa shape index (κ2) is 8.99. The molecule has 1 fully saturated rings. The van der Waals surface area contributed by atoms with Gasteiger partial charge < -0.3 is 15.0 Å². The van der Waals surface area contributed by atoms with E-state index < -0.39 is 11.9 Å². The lowest BCUT2D eigenvalue weighted by atomic mass is 10.1. The van der Waals surface area contributed by atoms with Crippen molar-refractivity contribution in [2.75, 3.05) is 27.2 Å². The molecule has 1 N–H and O–H groups in total. The molecule has 1 saturated heterocycles. The Morgan fingerprint density at radius 3 is 2.90 bits per heavy atom. The molecule has 1 aliphatic heterocycles. The number of nitrogens with zero attached hydrogens (tertiary/aromatic N) is 4. The summed E-state index contributed by atoms with van der Waals surface area (Å²) in [5, 5.41) is 10.2. The third-order valence-electron chi connectivity index (χ3n) is 5.00. The molecule has 0 bridgehead atoms. The summed E-state index contributed by atoms with van der Waals surface area (Å²) in [4.78, 5) is 28.4. The van der Waals surface area contributed by atoms with E-state index in [0.29, 0.717) is 35.8 Å². The topological polar surface area (TPSA) is 101 Å². The van der Waals surface area contributed by atoms with Gasteiger partial charge in [0.05, 0.1) is 26.1 Å². The molecule has 0 aliphatic carbocycles. The van der Waals surface area contributed by atoms with Crippen LogP contribution in [0, 0.1) is 12.7 Å². The minimum atomic E-state index is -0.684. The predicted octanol–water partition coefficient (Wildman–Crippen LogP) is 0.875.